The van der Waals surface area contributed by atoms with Crippen LogP contribution in [0.5, 0.6) is 0 Å². The largest absolute Gasteiger partial charge is 0.483 e. The Kier molecular flexibility index (Phi) is 3.69. The van der Waals surface area contributed by atoms with Gasteiger partial charge in [0.05, 0.1) is 13.2 Å². The third-order valence-corrected chi connectivity index (χ3v) is 3.86. The van der Waals surface area contributed by atoms with Crippen molar-refractivity contribution in [3.63, 3.8) is 0 Å². The SMILES string of the molecule is CC1(N2CCOCC2)CC=C(B(O)O)CC1. The minimum Gasteiger partial charge on any atom is -0.423 e. The Hall–Kier alpha value is -0.355. The number of ether oxygens (including phenoxy) is 1. The van der Waals surface area contributed by atoms with Crippen molar-refractivity contribution < 1.29 is 14.8 Å². The molecular weight excluding hydrogens is 205 g/mol. The van der Waals surface area contributed by atoms with E-state index in [1.807, 2.05) is 6.08 Å². The summed E-state index contributed by atoms with van der Waals surface area (Å²) in [6.07, 6.45) is 4.67. The summed E-state index contributed by atoms with van der Waals surface area (Å²) >= 11 is 0. The molecule has 1 fully saturated rings. The lowest BCUT2D eigenvalue weighted by Gasteiger charge is -2.45. The van der Waals surface area contributed by atoms with Gasteiger partial charge in [-0.15, -0.1) is 0 Å². The lowest BCUT2D eigenvalue weighted by molar-refractivity contribution is -0.0198. The summed E-state index contributed by atoms with van der Waals surface area (Å²) in [6, 6.07) is 0. The van der Waals surface area contributed by atoms with Crippen LogP contribution in [0.3, 0.4) is 0 Å². The van der Waals surface area contributed by atoms with Gasteiger partial charge < -0.3 is 14.8 Å². The van der Waals surface area contributed by atoms with Gasteiger partial charge in [0.2, 0.25) is 0 Å². The van der Waals surface area contributed by atoms with Crippen molar-refractivity contribution in [2.75, 3.05) is 26.3 Å². The molecule has 1 aliphatic carbocycles. The van der Waals surface area contributed by atoms with Gasteiger partial charge in [-0.25, -0.2) is 0 Å². The van der Waals surface area contributed by atoms with Gasteiger partial charge >= 0.3 is 7.12 Å². The lowest BCUT2D eigenvalue weighted by atomic mass is 9.69. The van der Waals surface area contributed by atoms with Gasteiger partial charge in [-0.05, 0) is 31.7 Å². The van der Waals surface area contributed by atoms with Crippen molar-refractivity contribution in [2.45, 2.75) is 31.7 Å². The highest BCUT2D eigenvalue weighted by atomic mass is 16.5. The molecule has 1 saturated heterocycles. The Morgan fingerprint density at radius 2 is 2.06 bits per heavy atom. The number of hydrogen-bond donors (Lipinski definition) is 2. The van der Waals surface area contributed by atoms with E-state index in [1.165, 1.54) is 0 Å². The summed E-state index contributed by atoms with van der Waals surface area (Å²) in [5.74, 6) is 0. The molecule has 2 aliphatic rings. The van der Waals surface area contributed by atoms with Gasteiger partial charge in [0.1, 0.15) is 0 Å². The van der Waals surface area contributed by atoms with Gasteiger partial charge in [-0.1, -0.05) is 6.08 Å². The number of nitrogens with zero attached hydrogens (tertiary/aromatic N) is 1. The Balaban J connectivity index is 1.99. The first-order valence-electron chi connectivity index (χ1n) is 6.00. The van der Waals surface area contributed by atoms with E-state index in [-0.39, 0.29) is 5.54 Å². The van der Waals surface area contributed by atoms with Gasteiger partial charge in [0.25, 0.3) is 0 Å². The monoisotopic (exact) mass is 225 g/mol. The predicted molar refractivity (Wildman–Crippen MR) is 62.9 cm³/mol. The molecule has 2 N–H and O–H groups in total. The van der Waals surface area contributed by atoms with E-state index in [9.17, 15) is 0 Å². The predicted octanol–water partition coefficient (Wildman–Crippen LogP) is 0.200. The average Bonchev–Trinajstić information content (AvgIpc) is 2.31. The van der Waals surface area contributed by atoms with Crippen LogP contribution in [0.25, 0.3) is 0 Å². The molecule has 16 heavy (non-hydrogen) atoms. The second kappa shape index (κ2) is 4.88. The molecule has 1 unspecified atom stereocenters. The first-order chi connectivity index (χ1) is 7.62. The van der Waals surface area contributed by atoms with Crippen LogP contribution in [0.2, 0.25) is 0 Å². The molecule has 0 radical (unpaired) electrons. The van der Waals surface area contributed by atoms with Crippen LogP contribution in [0.1, 0.15) is 26.2 Å². The molecule has 4 nitrogen and oxygen atoms in total. The second-order valence-electron chi connectivity index (χ2n) is 4.95. The number of hydrogen-bond acceptors (Lipinski definition) is 4. The fourth-order valence-electron chi connectivity index (χ4n) is 2.59. The molecule has 0 aromatic rings. The quantitative estimate of drug-likeness (QED) is 0.659. The Bertz CT molecular complexity index is 276. The number of morpholine rings is 1. The van der Waals surface area contributed by atoms with Crippen molar-refractivity contribution in [3.8, 4) is 0 Å². The van der Waals surface area contributed by atoms with E-state index < -0.39 is 7.12 Å². The van der Waals surface area contributed by atoms with E-state index in [0.717, 1.165) is 51.0 Å². The number of rotatable bonds is 2. The van der Waals surface area contributed by atoms with Gasteiger partial charge in [-0.2, -0.15) is 0 Å². The zero-order valence-electron chi connectivity index (χ0n) is 9.85. The van der Waals surface area contributed by atoms with Crippen molar-refractivity contribution >= 4 is 7.12 Å². The van der Waals surface area contributed by atoms with Crippen molar-refractivity contribution in [2.24, 2.45) is 0 Å². The van der Waals surface area contributed by atoms with Crippen LogP contribution >= 0.6 is 0 Å². The second-order valence-corrected chi connectivity index (χ2v) is 4.95. The highest BCUT2D eigenvalue weighted by molar-refractivity contribution is 6.50. The summed E-state index contributed by atoms with van der Waals surface area (Å²) in [5.41, 5.74) is 0.938. The normalized spacial score (nSPS) is 32.3. The fourth-order valence-corrected chi connectivity index (χ4v) is 2.59. The smallest absolute Gasteiger partial charge is 0.423 e. The number of allylic oxidation sites excluding steroid dienone is 1. The van der Waals surface area contributed by atoms with Crippen molar-refractivity contribution in [1.82, 2.24) is 4.90 Å². The molecule has 90 valence electrons. The molecule has 1 heterocycles. The molecule has 2 rings (SSSR count). The first-order valence-corrected chi connectivity index (χ1v) is 6.00. The third kappa shape index (κ3) is 2.48. The van der Waals surface area contributed by atoms with E-state index in [1.54, 1.807) is 0 Å². The molecule has 1 aliphatic heterocycles. The summed E-state index contributed by atoms with van der Waals surface area (Å²) in [4.78, 5) is 2.47. The van der Waals surface area contributed by atoms with Gasteiger partial charge in [0.15, 0.2) is 0 Å². The van der Waals surface area contributed by atoms with Crippen LogP contribution in [-0.4, -0.2) is 53.9 Å². The molecule has 0 saturated carbocycles. The fraction of sp³-hybridized carbons (Fsp3) is 0.818. The summed E-state index contributed by atoms with van der Waals surface area (Å²) in [7, 11) is -1.27. The molecule has 1 atom stereocenters. The van der Waals surface area contributed by atoms with Crippen LogP contribution in [0.15, 0.2) is 11.5 Å². The van der Waals surface area contributed by atoms with Crippen LogP contribution < -0.4 is 0 Å². The summed E-state index contributed by atoms with van der Waals surface area (Å²) < 4.78 is 5.36. The zero-order valence-corrected chi connectivity index (χ0v) is 9.85. The standard InChI is InChI=1S/C11H20BNO3/c1-11(13-6-8-16-9-7-13)4-2-10(3-5-11)12(14)15/h2,14-15H,3-9H2,1H3. The molecular formula is C11H20BNO3. The van der Waals surface area contributed by atoms with E-state index in [4.69, 9.17) is 14.8 Å². The van der Waals surface area contributed by atoms with E-state index in [0.29, 0.717) is 0 Å². The van der Waals surface area contributed by atoms with Crippen molar-refractivity contribution in [1.29, 1.82) is 0 Å². The Labute approximate surface area is 97.0 Å². The summed E-state index contributed by atoms with van der Waals surface area (Å²) in [5, 5.41) is 18.2. The van der Waals surface area contributed by atoms with Gasteiger partial charge in [-0.3, -0.25) is 4.90 Å². The lowest BCUT2D eigenvalue weighted by Crippen LogP contribution is -2.52. The zero-order chi connectivity index (χ0) is 11.6. The maximum atomic E-state index is 9.11. The maximum Gasteiger partial charge on any atom is 0.483 e. The molecule has 0 aromatic carbocycles. The molecule has 0 aromatic heterocycles. The average molecular weight is 225 g/mol. The first kappa shape index (κ1) is 12.1. The minimum atomic E-state index is -1.27. The Morgan fingerprint density at radius 1 is 1.38 bits per heavy atom. The Morgan fingerprint density at radius 3 is 2.56 bits per heavy atom. The van der Waals surface area contributed by atoms with Gasteiger partial charge in [0, 0.05) is 18.6 Å². The third-order valence-electron chi connectivity index (χ3n) is 3.86. The molecule has 5 heteroatoms. The summed E-state index contributed by atoms with van der Waals surface area (Å²) in [6.45, 7) is 5.86. The highest BCUT2D eigenvalue weighted by Gasteiger charge is 2.35. The molecule has 0 amide bonds. The maximum absolute atomic E-state index is 9.11. The van der Waals surface area contributed by atoms with Crippen LogP contribution in [-0.2, 0) is 4.74 Å². The van der Waals surface area contributed by atoms with Crippen molar-refractivity contribution in [3.05, 3.63) is 11.5 Å². The van der Waals surface area contributed by atoms with E-state index in [2.05, 4.69) is 11.8 Å². The van der Waals surface area contributed by atoms with Crippen LogP contribution in [0, 0.1) is 0 Å². The topological polar surface area (TPSA) is 52.9 Å². The highest BCUT2D eigenvalue weighted by Crippen LogP contribution is 2.33. The molecule has 0 spiro atoms. The molecule has 0 bridgehead atoms. The van der Waals surface area contributed by atoms with E-state index >= 15 is 0 Å². The minimum absolute atomic E-state index is 0.169. The van der Waals surface area contributed by atoms with Crippen LogP contribution in [0.4, 0.5) is 0 Å².